The minimum absolute atomic E-state index is 0.630. The van der Waals surface area contributed by atoms with Crippen molar-refractivity contribution >= 4 is 5.96 Å². The van der Waals surface area contributed by atoms with Gasteiger partial charge in [-0.2, -0.15) is 0 Å². The lowest BCUT2D eigenvalue weighted by Gasteiger charge is -2.11. The third-order valence-corrected chi connectivity index (χ3v) is 3.71. The summed E-state index contributed by atoms with van der Waals surface area (Å²) >= 11 is 0. The zero-order valence-corrected chi connectivity index (χ0v) is 14.3. The molecule has 0 aromatic heterocycles. The van der Waals surface area contributed by atoms with Crippen LogP contribution in [0, 0.1) is 5.92 Å². The molecule has 1 fully saturated rings. The fourth-order valence-electron chi connectivity index (χ4n) is 2.20. The van der Waals surface area contributed by atoms with Crippen LogP contribution in [0.25, 0.3) is 0 Å². The Morgan fingerprint density at radius 2 is 2.17 bits per heavy atom. The number of methoxy groups -OCH3 is 1. The molecule has 1 aromatic carbocycles. The number of rotatable bonds is 10. The normalized spacial score (nSPS) is 14.6. The molecule has 128 valence electrons. The molecule has 0 spiro atoms. The second-order valence-corrected chi connectivity index (χ2v) is 5.85. The number of aliphatic imine (C=N–C) groups is 1. The van der Waals surface area contributed by atoms with Crippen molar-refractivity contribution in [1.82, 2.24) is 10.6 Å². The molecule has 5 nitrogen and oxygen atoms in total. The fourth-order valence-corrected chi connectivity index (χ4v) is 2.20. The second-order valence-electron chi connectivity index (χ2n) is 5.85. The molecule has 2 rings (SSSR count). The monoisotopic (exact) mass is 319 g/mol. The topological polar surface area (TPSA) is 54.9 Å². The first kappa shape index (κ1) is 17.6. The van der Waals surface area contributed by atoms with E-state index in [1.54, 1.807) is 7.11 Å². The van der Waals surface area contributed by atoms with E-state index in [0.717, 1.165) is 55.9 Å². The van der Waals surface area contributed by atoms with E-state index in [1.165, 1.54) is 12.8 Å². The summed E-state index contributed by atoms with van der Waals surface area (Å²) in [6.45, 7) is 6.17. The van der Waals surface area contributed by atoms with E-state index >= 15 is 0 Å². The number of guanidine groups is 1. The van der Waals surface area contributed by atoms with Gasteiger partial charge in [-0.05, 0) is 49.8 Å². The summed E-state index contributed by atoms with van der Waals surface area (Å²) in [4.78, 5) is 4.61. The van der Waals surface area contributed by atoms with Crippen molar-refractivity contribution in [3.63, 3.8) is 0 Å². The SMILES string of the molecule is CCNC(=NCc1cccc(OC)c1)NCCCOCC1CC1. The molecule has 0 atom stereocenters. The predicted octanol–water partition coefficient (Wildman–Crippen LogP) is 2.57. The van der Waals surface area contributed by atoms with Gasteiger partial charge < -0.3 is 20.1 Å². The van der Waals surface area contributed by atoms with Crippen LogP contribution in [0.4, 0.5) is 0 Å². The molecule has 0 amide bonds. The predicted molar refractivity (Wildman–Crippen MR) is 94.0 cm³/mol. The van der Waals surface area contributed by atoms with Gasteiger partial charge in [-0.25, -0.2) is 4.99 Å². The lowest BCUT2D eigenvalue weighted by atomic mass is 10.2. The quantitative estimate of drug-likeness (QED) is 0.395. The Bertz CT molecular complexity index is 487. The van der Waals surface area contributed by atoms with Crippen LogP contribution in [0.3, 0.4) is 0 Å². The average molecular weight is 319 g/mol. The van der Waals surface area contributed by atoms with Crippen LogP contribution in [0.5, 0.6) is 5.75 Å². The van der Waals surface area contributed by atoms with Crippen LogP contribution in [0.2, 0.25) is 0 Å². The summed E-state index contributed by atoms with van der Waals surface area (Å²) in [5.41, 5.74) is 1.13. The lowest BCUT2D eigenvalue weighted by Crippen LogP contribution is -2.38. The molecular weight excluding hydrogens is 290 g/mol. The highest BCUT2D eigenvalue weighted by Gasteiger charge is 2.20. The first-order valence-corrected chi connectivity index (χ1v) is 8.54. The van der Waals surface area contributed by atoms with Gasteiger partial charge in [-0.15, -0.1) is 0 Å². The van der Waals surface area contributed by atoms with Crippen LogP contribution in [0.1, 0.15) is 31.7 Å². The molecule has 2 N–H and O–H groups in total. The number of hydrogen-bond donors (Lipinski definition) is 2. The molecule has 0 saturated heterocycles. The summed E-state index contributed by atoms with van der Waals surface area (Å²) < 4.78 is 10.9. The van der Waals surface area contributed by atoms with E-state index in [1.807, 2.05) is 18.2 Å². The Labute approximate surface area is 139 Å². The Morgan fingerprint density at radius 1 is 1.30 bits per heavy atom. The molecule has 0 unspecified atom stereocenters. The largest absolute Gasteiger partial charge is 0.497 e. The van der Waals surface area contributed by atoms with E-state index in [0.29, 0.717) is 6.54 Å². The lowest BCUT2D eigenvalue weighted by molar-refractivity contribution is 0.123. The van der Waals surface area contributed by atoms with Crippen LogP contribution in [0.15, 0.2) is 29.3 Å². The minimum Gasteiger partial charge on any atom is -0.497 e. The molecule has 1 aliphatic rings. The zero-order chi connectivity index (χ0) is 16.3. The third kappa shape index (κ3) is 7.37. The Hall–Kier alpha value is -1.75. The maximum absolute atomic E-state index is 5.64. The van der Waals surface area contributed by atoms with E-state index in [9.17, 15) is 0 Å². The first-order valence-electron chi connectivity index (χ1n) is 8.54. The van der Waals surface area contributed by atoms with Crippen LogP contribution >= 0.6 is 0 Å². The van der Waals surface area contributed by atoms with Gasteiger partial charge in [0.15, 0.2) is 5.96 Å². The smallest absolute Gasteiger partial charge is 0.191 e. The van der Waals surface area contributed by atoms with Gasteiger partial charge in [0.2, 0.25) is 0 Å². The fraction of sp³-hybridized carbons (Fsp3) is 0.611. The van der Waals surface area contributed by atoms with E-state index < -0.39 is 0 Å². The molecular formula is C18H29N3O2. The summed E-state index contributed by atoms with van der Waals surface area (Å²) in [7, 11) is 1.68. The van der Waals surface area contributed by atoms with Gasteiger partial charge in [0.1, 0.15) is 5.75 Å². The highest BCUT2D eigenvalue weighted by molar-refractivity contribution is 5.79. The second kappa shape index (κ2) is 10.1. The summed E-state index contributed by atoms with van der Waals surface area (Å²) in [6.07, 6.45) is 3.69. The van der Waals surface area contributed by atoms with Crippen molar-refractivity contribution in [2.24, 2.45) is 10.9 Å². The van der Waals surface area contributed by atoms with E-state index in [-0.39, 0.29) is 0 Å². The van der Waals surface area contributed by atoms with Gasteiger partial charge in [-0.1, -0.05) is 12.1 Å². The Morgan fingerprint density at radius 3 is 2.91 bits per heavy atom. The van der Waals surface area contributed by atoms with Gasteiger partial charge in [-0.3, -0.25) is 0 Å². The van der Waals surface area contributed by atoms with E-state index in [4.69, 9.17) is 9.47 Å². The molecule has 0 heterocycles. The van der Waals surface area contributed by atoms with Gasteiger partial charge in [0.25, 0.3) is 0 Å². The minimum atomic E-state index is 0.630. The van der Waals surface area contributed by atoms with Crippen molar-refractivity contribution in [3.05, 3.63) is 29.8 Å². The van der Waals surface area contributed by atoms with Gasteiger partial charge in [0.05, 0.1) is 13.7 Å². The van der Waals surface area contributed by atoms with Gasteiger partial charge >= 0.3 is 0 Å². The number of benzene rings is 1. The molecule has 0 bridgehead atoms. The highest BCUT2D eigenvalue weighted by atomic mass is 16.5. The molecule has 0 aliphatic heterocycles. The van der Waals surface area contributed by atoms with Crippen molar-refractivity contribution in [2.45, 2.75) is 32.7 Å². The third-order valence-electron chi connectivity index (χ3n) is 3.71. The first-order chi connectivity index (χ1) is 11.3. The standard InChI is InChI=1S/C18H29N3O2/c1-3-19-18(20-10-5-11-23-14-15-8-9-15)21-13-16-6-4-7-17(12-16)22-2/h4,6-7,12,15H,3,5,8-11,13-14H2,1-2H3,(H2,19,20,21). The molecule has 5 heteroatoms. The van der Waals surface area contributed by atoms with Crippen LogP contribution in [-0.2, 0) is 11.3 Å². The average Bonchev–Trinajstić information content (AvgIpc) is 3.40. The van der Waals surface area contributed by atoms with Gasteiger partial charge in [0, 0.05) is 26.3 Å². The summed E-state index contributed by atoms with van der Waals surface area (Å²) in [5.74, 6) is 2.55. The molecule has 1 aliphatic carbocycles. The van der Waals surface area contributed by atoms with Crippen molar-refractivity contribution in [2.75, 3.05) is 33.4 Å². The maximum Gasteiger partial charge on any atom is 0.191 e. The number of nitrogens with one attached hydrogen (secondary N) is 2. The number of hydrogen-bond acceptors (Lipinski definition) is 3. The summed E-state index contributed by atoms with van der Waals surface area (Å²) in [6, 6.07) is 8.00. The zero-order valence-electron chi connectivity index (χ0n) is 14.3. The maximum atomic E-state index is 5.64. The van der Waals surface area contributed by atoms with E-state index in [2.05, 4.69) is 28.6 Å². The molecule has 1 saturated carbocycles. The van der Waals surface area contributed by atoms with Crippen LogP contribution < -0.4 is 15.4 Å². The number of ether oxygens (including phenoxy) is 2. The molecule has 0 radical (unpaired) electrons. The van der Waals surface area contributed by atoms with Crippen molar-refractivity contribution in [3.8, 4) is 5.75 Å². The summed E-state index contributed by atoms with van der Waals surface area (Å²) in [5, 5.41) is 6.62. The van der Waals surface area contributed by atoms with Crippen LogP contribution in [-0.4, -0.2) is 39.4 Å². The van der Waals surface area contributed by atoms with Crippen molar-refractivity contribution < 1.29 is 9.47 Å². The molecule has 1 aromatic rings. The number of nitrogens with zero attached hydrogens (tertiary/aromatic N) is 1. The Balaban J connectivity index is 1.69. The van der Waals surface area contributed by atoms with Crippen molar-refractivity contribution in [1.29, 1.82) is 0 Å². The Kier molecular flexibility index (Phi) is 7.73. The highest BCUT2D eigenvalue weighted by Crippen LogP contribution is 2.28. The molecule has 23 heavy (non-hydrogen) atoms.